The first-order valence-corrected chi connectivity index (χ1v) is 9.98. The monoisotopic (exact) mass is 451 g/mol. The third-order valence-corrected chi connectivity index (χ3v) is 4.85. The molecular weight excluding hydrogens is 429 g/mol. The SMILES string of the molecule is CC(C)(C)OC(=O)N1CSc2cc(F)c(/C(N)=N/OC(=O)C(C)(C)C#N)cc2NC1=O. The average Bonchev–Trinajstić information content (AvgIpc) is 2.81. The summed E-state index contributed by atoms with van der Waals surface area (Å²) in [5.74, 6) is -2.33. The number of carbonyl (C=O) groups is 3. The molecule has 1 heterocycles. The number of nitrogens with zero attached hydrogens (tertiary/aromatic N) is 3. The van der Waals surface area contributed by atoms with Crippen molar-refractivity contribution in [3.05, 3.63) is 23.5 Å². The van der Waals surface area contributed by atoms with Crippen molar-refractivity contribution in [3.8, 4) is 6.07 Å². The molecule has 3 N–H and O–H groups in total. The van der Waals surface area contributed by atoms with Crippen molar-refractivity contribution in [2.24, 2.45) is 16.3 Å². The average molecular weight is 451 g/mol. The topological polar surface area (TPSA) is 147 Å². The fraction of sp³-hybridized carbons (Fsp3) is 0.421. The van der Waals surface area contributed by atoms with E-state index in [0.717, 1.165) is 22.7 Å². The van der Waals surface area contributed by atoms with Crippen LogP contribution in [0, 0.1) is 22.6 Å². The van der Waals surface area contributed by atoms with Crippen LogP contribution in [0.1, 0.15) is 40.2 Å². The largest absolute Gasteiger partial charge is 0.443 e. The number of amidine groups is 1. The van der Waals surface area contributed by atoms with Gasteiger partial charge in [0.05, 0.1) is 23.2 Å². The molecule has 1 aliphatic heterocycles. The summed E-state index contributed by atoms with van der Waals surface area (Å²) < 4.78 is 19.8. The van der Waals surface area contributed by atoms with Crippen LogP contribution in [-0.4, -0.2) is 40.3 Å². The van der Waals surface area contributed by atoms with E-state index in [2.05, 4.69) is 15.3 Å². The number of amides is 3. The molecule has 0 radical (unpaired) electrons. The lowest BCUT2D eigenvalue weighted by Gasteiger charge is -2.24. The predicted octanol–water partition coefficient (Wildman–Crippen LogP) is 3.37. The van der Waals surface area contributed by atoms with Gasteiger partial charge in [0.25, 0.3) is 0 Å². The molecule has 0 unspecified atom stereocenters. The molecule has 0 aliphatic carbocycles. The van der Waals surface area contributed by atoms with E-state index < -0.39 is 40.8 Å². The van der Waals surface area contributed by atoms with Gasteiger partial charge in [0, 0.05) is 4.90 Å². The predicted molar refractivity (Wildman–Crippen MR) is 110 cm³/mol. The number of nitrogens with two attached hydrogens (primary N) is 1. The van der Waals surface area contributed by atoms with Crippen LogP contribution in [0.15, 0.2) is 22.2 Å². The first kappa shape index (κ1) is 23.9. The molecule has 12 heteroatoms. The van der Waals surface area contributed by atoms with Crippen LogP contribution in [0.4, 0.5) is 19.7 Å². The van der Waals surface area contributed by atoms with E-state index in [0.29, 0.717) is 4.90 Å². The summed E-state index contributed by atoms with van der Waals surface area (Å²) in [5.41, 5.74) is 3.39. The van der Waals surface area contributed by atoms with E-state index in [1.807, 2.05) is 0 Å². The fourth-order valence-corrected chi connectivity index (χ4v) is 3.04. The zero-order valence-electron chi connectivity index (χ0n) is 17.6. The van der Waals surface area contributed by atoms with Gasteiger partial charge >= 0.3 is 18.1 Å². The van der Waals surface area contributed by atoms with Gasteiger partial charge in [-0.2, -0.15) is 5.26 Å². The molecule has 31 heavy (non-hydrogen) atoms. The van der Waals surface area contributed by atoms with Crippen LogP contribution < -0.4 is 11.1 Å². The zero-order chi connectivity index (χ0) is 23.6. The second-order valence-electron chi connectivity index (χ2n) is 8.03. The number of hydrogen-bond donors (Lipinski definition) is 2. The first-order chi connectivity index (χ1) is 14.2. The van der Waals surface area contributed by atoms with Crippen molar-refractivity contribution in [3.63, 3.8) is 0 Å². The summed E-state index contributed by atoms with van der Waals surface area (Å²) in [6, 6.07) is 3.29. The summed E-state index contributed by atoms with van der Waals surface area (Å²) in [5, 5.41) is 14.8. The van der Waals surface area contributed by atoms with Crippen molar-refractivity contribution < 1.29 is 28.3 Å². The number of halogens is 1. The summed E-state index contributed by atoms with van der Waals surface area (Å²) in [6.45, 7) is 7.64. The molecule has 10 nitrogen and oxygen atoms in total. The van der Waals surface area contributed by atoms with Gasteiger partial charge in [-0.05, 0) is 46.8 Å². The molecule has 0 spiro atoms. The van der Waals surface area contributed by atoms with Gasteiger partial charge in [-0.25, -0.2) is 23.7 Å². The molecule has 0 saturated carbocycles. The van der Waals surface area contributed by atoms with E-state index in [1.54, 1.807) is 26.8 Å². The quantitative estimate of drug-likeness (QED) is 0.308. The summed E-state index contributed by atoms with van der Waals surface area (Å²) in [7, 11) is 0. The fourth-order valence-electron chi connectivity index (χ4n) is 2.10. The first-order valence-electron chi connectivity index (χ1n) is 8.99. The van der Waals surface area contributed by atoms with Crippen LogP contribution >= 0.6 is 11.8 Å². The highest BCUT2D eigenvalue weighted by Crippen LogP contribution is 2.34. The lowest BCUT2D eigenvalue weighted by atomic mass is 9.97. The smallest absolute Gasteiger partial charge is 0.419 e. The van der Waals surface area contributed by atoms with Crippen molar-refractivity contribution in [1.82, 2.24) is 4.90 Å². The Morgan fingerprint density at radius 1 is 1.32 bits per heavy atom. The van der Waals surface area contributed by atoms with Gasteiger partial charge in [-0.1, -0.05) is 5.16 Å². The van der Waals surface area contributed by atoms with Crippen molar-refractivity contribution in [2.75, 3.05) is 11.2 Å². The number of nitrogens with one attached hydrogen (secondary N) is 1. The lowest BCUT2D eigenvalue weighted by molar-refractivity contribution is -0.150. The number of carbonyl (C=O) groups excluding carboxylic acids is 3. The number of hydrogen-bond acceptors (Lipinski definition) is 8. The molecule has 0 fully saturated rings. The van der Waals surface area contributed by atoms with E-state index >= 15 is 0 Å². The second kappa shape index (κ2) is 8.81. The van der Waals surface area contributed by atoms with E-state index in [1.165, 1.54) is 19.9 Å². The van der Waals surface area contributed by atoms with E-state index in [-0.39, 0.29) is 17.1 Å². The van der Waals surface area contributed by atoms with Crippen molar-refractivity contribution in [2.45, 2.75) is 45.1 Å². The van der Waals surface area contributed by atoms with Gasteiger partial charge in [0.15, 0.2) is 11.3 Å². The van der Waals surface area contributed by atoms with Gasteiger partial charge < -0.3 is 20.6 Å². The Morgan fingerprint density at radius 3 is 2.55 bits per heavy atom. The molecule has 3 amide bonds. The molecule has 1 aromatic rings. The Hall–Kier alpha value is -3.33. The standard InChI is InChI=1S/C19H22FN5O5S/c1-18(2,3)29-17(28)25-9-31-13-7-11(20)10(6-12(13)23-16(25)27)14(22)24-30-15(26)19(4,5)8-21/h6-7H,9H2,1-5H3,(H2,22,24)(H,23,27). The minimum atomic E-state index is -1.47. The Morgan fingerprint density at radius 2 is 1.97 bits per heavy atom. The van der Waals surface area contributed by atoms with Crippen LogP contribution in [0.2, 0.25) is 0 Å². The molecule has 0 atom stereocenters. The van der Waals surface area contributed by atoms with Crippen LogP contribution in [-0.2, 0) is 14.4 Å². The number of imide groups is 1. The molecule has 1 aliphatic rings. The number of fused-ring (bicyclic) bond motifs is 1. The number of rotatable bonds is 3. The third kappa shape index (κ3) is 5.85. The summed E-state index contributed by atoms with van der Waals surface area (Å²) in [4.78, 5) is 42.4. The highest BCUT2D eigenvalue weighted by molar-refractivity contribution is 7.99. The van der Waals surface area contributed by atoms with E-state index in [4.69, 9.17) is 15.7 Å². The summed E-state index contributed by atoms with van der Waals surface area (Å²) in [6.07, 6.45) is -0.848. The molecule has 166 valence electrons. The third-order valence-electron chi connectivity index (χ3n) is 3.81. The minimum absolute atomic E-state index is 0.100. The number of anilines is 1. The van der Waals surface area contributed by atoms with Gasteiger partial charge in [0.1, 0.15) is 11.4 Å². The number of ether oxygens (including phenoxy) is 1. The number of thioether (sulfide) groups is 1. The van der Waals surface area contributed by atoms with Crippen molar-refractivity contribution >= 4 is 41.4 Å². The maximum Gasteiger partial charge on any atom is 0.419 e. The van der Waals surface area contributed by atoms with E-state index in [9.17, 15) is 18.8 Å². The second-order valence-corrected chi connectivity index (χ2v) is 9.02. The highest BCUT2D eigenvalue weighted by atomic mass is 32.2. The molecular formula is C19H22FN5O5S. The van der Waals surface area contributed by atoms with Crippen LogP contribution in [0.25, 0.3) is 0 Å². The Balaban J connectivity index is 2.26. The normalized spacial score (nSPS) is 14.7. The lowest BCUT2D eigenvalue weighted by Crippen LogP contribution is -2.42. The maximum absolute atomic E-state index is 14.6. The van der Waals surface area contributed by atoms with Crippen molar-refractivity contribution in [1.29, 1.82) is 5.26 Å². The van der Waals surface area contributed by atoms with Crippen LogP contribution in [0.5, 0.6) is 0 Å². The summed E-state index contributed by atoms with van der Waals surface area (Å²) >= 11 is 1.03. The molecule has 0 bridgehead atoms. The zero-order valence-corrected chi connectivity index (χ0v) is 18.4. The number of oxime groups is 1. The molecule has 1 aromatic carbocycles. The van der Waals surface area contributed by atoms with Gasteiger partial charge in [0.2, 0.25) is 0 Å². The van der Waals surface area contributed by atoms with Gasteiger partial charge in [-0.3, -0.25) is 0 Å². The Kier molecular flexibility index (Phi) is 6.80. The maximum atomic E-state index is 14.6. The molecule has 0 saturated heterocycles. The Bertz CT molecular complexity index is 997. The van der Waals surface area contributed by atoms with Gasteiger partial charge in [-0.15, -0.1) is 11.8 Å². The number of benzene rings is 1. The Labute approximate surface area is 182 Å². The molecule has 2 rings (SSSR count). The molecule has 0 aromatic heterocycles. The van der Waals surface area contributed by atoms with Crippen LogP contribution in [0.3, 0.4) is 0 Å². The minimum Gasteiger partial charge on any atom is -0.443 e. The number of urea groups is 1. The number of nitriles is 1. The highest BCUT2D eigenvalue weighted by Gasteiger charge is 2.32.